The van der Waals surface area contributed by atoms with E-state index in [0.29, 0.717) is 19.3 Å². The molecular weight excluding hydrogens is 779 g/mol. The van der Waals surface area contributed by atoms with Crippen molar-refractivity contribution < 1.29 is 24.5 Å². The lowest BCUT2D eigenvalue weighted by atomic mass is 10.0. The molecule has 0 saturated heterocycles. The summed E-state index contributed by atoms with van der Waals surface area (Å²) in [6.45, 7) is 6.18. The van der Waals surface area contributed by atoms with Crippen LogP contribution >= 0.6 is 0 Å². The van der Waals surface area contributed by atoms with Gasteiger partial charge < -0.3 is 20.3 Å². The fraction of sp³-hybridized carbons (Fsp3) is 0.614. The van der Waals surface area contributed by atoms with E-state index >= 15 is 0 Å². The SMILES string of the molecule is CC/C=C\C/C=C\C/C=C\C/C=C\C/C=C\CCCCCC(=O)OC(/C=C/C/C=C/C/C=C/C/C=C/C/C=C/CC)CC(=O)NC(CO)C(O)CCCCCCCCCCCCC. The lowest BCUT2D eigenvalue weighted by Gasteiger charge is -2.23. The number of rotatable bonds is 43. The van der Waals surface area contributed by atoms with Gasteiger partial charge in [-0.15, -0.1) is 0 Å². The molecule has 0 heterocycles. The Morgan fingerprint density at radius 2 is 0.889 bits per heavy atom. The lowest BCUT2D eigenvalue weighted by molar-refractivity contribution is -0.148. The number of carbonyl (C=O) groups is 2. The van der Waals surface area contributed by atoms with Gasteiger partial charge in [0.05, 0.1) is 25.2 Å². The Hall–Kier alpha value is -3.74. The van der Waals surface area contributed by atoms with Gasteiger partial charge in [0.25, 0.3) is 0 Å². The Kier molecular flexibility index (Phi) is 46.4. The normalized spacial score (nSPS) is 14.3. The molecule has 3 N–H and O–H groups in total. The van der Waals surface area contributed by atoms with Crippen LogP contribution in [-0.2, 0) is 14.3 Å². The van der Waals surface area contributed by atoms with Crippen molar-refractivity contribution >= 4 is 11.9 Å². The predicted octanol–water partition coefficient (Wildman–Crippen LogP) is 15.3. The molecule has 0 aliphatic carbocycles. The maximum atomic E-state index is 13.2. The van der Waals surface area contributed by atoms with Crippen LogP contribution in [0.15, 0.2) is 122 Å². The van der Waals surface area contributed by atoms with Crippen LogP contribution < -0.4 is 5.32 Å². The van der Waals surface area contributed by atoms with Crippen molar-refractivity contribution in [2.45, 2.75) is 219 Å². The standard InChI is InChI=1S/C57H93NO5/c1-4-7-10-13-16-19-22-24-26-27-28-29-30-32-35-38-41-44-47-50-57(62)63-53(48-45-42-39-36-34-31-25-23-20-17-14-11-8-5-2)51-56(61)58-54(52-59)55(60)49-46-43-40-37-33-21-18-15-12-9-6-3/h7-8,10-11,16-17,19-20,24-26,28-29,31-32,35-36,39,45,48,53-55,59-60H,4-6,9,12-15,18,21-23,27,30,33-34,37-38,40-44,46-47,49-52H2,1-3H3,(H,58,61)/b10-7-,11-8+,19-16-,20-17+,26-24-,29-28-,31-25+,35-32-,39-36+,48-45+. The van der Waals surface area contributed by atoms with Gasteiger partial charge in [-0.25, -0.2) is 0 Å². The van der Waals surface area contributed by atoms with Gasteiger partial charge in [-0.05, 0) is 96.0 Å². The minimum absolute atomic E-state index is 0.0673. The Labute approximate surface area is 387 Å². The third-order valence-electron chi connectivity index (χ3n) is 10.5. The van der Waals surface area contributed by atoms with E-state index in [-0.39, 0.29) is 24.9 Å². The van der Waals surface area contributed by atoms with E-state index in [4.69, 9.17) is 4.74 Å². The zero-order chi connectivity index (χ0) is 45.9. The van der Waals surface area contributed by atoms with Crippen molar-refractivity contribution in [1.29, 1.82) is 0 Å². The van der Waals surface area contributed by atoms with Crippen LogP contribution in [0.25, 0.3) is 0 Å². The summed E-state index contributed by atoms with van der Waals surface area (Å²) in [5, 5.41) is 23.6. The maximum Gasteiger partial charge on any atom is 0.306 e. The highest BCUT2D eigenvalue weighted by Gasteiger charge is 2.23. The van der Waals surface area contributed by atoms with Gasteiger partial charge in [-0.1, -0.05) is 213 Å². The molecule has 63 heavy (non-hydrogen) atoms. The summed E-state index contributed by atoms with van der Waals surface area (Å²) in [4.78, 5) is 26.1. The Balaban J connectivity index is 4.81. The van der Waals surface area contributed by atoms with Crippen molar-refractivity contribution in [2.24, 2.45) is 0 Å². The largest absolute Gasteiger partial charge is 0.458 e. The van der Waals surface area contributed by atoms with E-state index < -0.39 is 18.2 Å². The molecule has 0 bridgehead atoms. The van der Waals surface area contributed by atoms with Crippen molar-refractivity contribution in [3.8, 4) is 0 Å². The van der Waals surface area contributed by atoms with Crippen molar-refractivity contribution in [2.75, 3.05) is 6.61 Å². The van der Waals surface area contributed by atoms with Crippen molar-refractivity contribution in [1.82, 2.24) is 5.32 Å². The zero-order valence-corrected chi connectivity index (χ0v) is 40.4. The first-order valence-corrected chi connectivity index (χ1v) is 25.3. The number of esters is 1. The predicted molar refractivity (Wildman–Crippen MR) is 273 cm³/mol. The number of unbranched alkanes of at least 4 members (excludes halogenated alkanes) is 13. The fourth-order valence-electron chi connectivity index (χ4n) is 6.77. The lowest BCUT2D eigenvalue weighted by Crippen LogP contribution is -2.46. The molecule has 6 heteroatoms. The summed E-state index contributed by atoms with van der Waals surface area (Å²) in [5.74, 6) is -0.679. The molecule has 0 aromatic carbocycles. The van der Waals surface area contributed by atoms with Gasteiger partial charge in [0.2, 0.25) is 5.91 Å². The average Bonchev–Trinajstić information content (AvgIpc) is 3.28. The van der Waals surface area contributed by atoms with Crippen LogP contribution in [0, 0.1) is 0 Å². The number of aliphatic hydroxyl groups is 2. The average molecular weight is 872 g/mol. The highest BCUT2D eigenvalue weighted by molar-refractivity contribution is 5.78. The summed E-state index contributed by atoms with van der Waals surface area (Å²) in [6, 6.07) is -0.756. The number of carbonyl (C=O) groups excluding carboxylic acids is 2. The molecule has 3 atom stereocenters. The fourth-order valence-corrected chi connectivity index (χ4v) is 6.77. The number of allylic oxidation sites excluding steroid dienone is 19. The van der Waals surface area contributed by atoms with Gasteiger partial charge in [0.1, 0.15) is 6.10 Å². The van der Waals surface area contributed by atoms with Gasteiger partial charge in [-0.3, -0.25) is 9.59 Å². The summed E-state index contributed by atoms with van der Waals surface area (Å²) >= 11 is 0. The summed E-state index contributed by atoms with van der Waals surface area (Å²) in [6.07, 6.45) is 68.6. The molecule has 0 aromatic rings. The van der Waals surface area contributed by atoms with Gasteiger partial charge in [0.15, 0.2) is 0 Å². The third-order valence-corrected chi connectivity index (χ3v) is 10.5. The maximum absolute atomic E-state index is 13.2. The van der Waals surface area contributed by atoms with Crippen LogP contribution in [0.5, 0.6) is 0 Å². The molecule has 0 radical (unpaired) electrons. The van der Waals surface area contributed by atoms with Crippen molar-refractivity contribution in [3.63, 3.8) is 0 Å². The molecule has 0 aromatic heterocycles. The summed E-state index contributed by atoms with van der Waals surface area (Å²) < 4.78 is 5.80. The van der Waals surface area contributed by atoms with Crippen LogP contribution in [0.4, 0.5) is 0 Å². The number of amides is 1. The Morgan fingerprint density at radius 3 is 1.33 bits per heavy atom. The molecule has 0 aliphatic rings. The number of aliphatic hydroxyl groups excluding tert-OH is 2. The monoisotopic (exact) mass is 872 g/mol. The minimum atomic E-state index is -0.832. The summed E-state index contributed by atoms with van der Waals surface area (Å²) in [5.41, 5.74) is 0. The molecule has 0 saturated carbocycles. The van der Waals surface area contributed by atoms with Crippen LogP contribution in [0.2, 0.25) is 0 Å². The van der Waals surface area contributed by atoms with Gasteiger partial charge in [-0.2, -0.15) is 0 Å². The first-order chi connectivity index (χ1) is 31.0. The molecule has 6 nitrogen and oxygen atoms in total. The second-order valence-corrected chi connectivity index (χ2v) is 16.5. The first-order valence-electron chi connectivity index (χ1n) is 25.3. The quantitative estimate of drug-likeness (QED) is 0.0322. The molecule has 0 rings (SSSR count). The van der Waals surface area contributed by atoms with Gasteiger partial charge >= 0.3 is 5.97 Å². The number of nitrogens with one attached hydrogen (secondary N) is 1. The molecule has 1 amide bonds. The van der Waals surface area contributed by atoms with E-state index in [1.165, 1.54) is 51.4 Å². The molecule has 0 fully saturated rings. The van der Waals surface area contributed by atoms with E-state index in [1.807, 2.05) is 6.08 Å². The number of hydrogen-bond donors (Lipinski definition) is 3. The first kappa shape index (κ1) is 59.3. The van der Waals surface area contributed by atoms with E-state index in [2.05, 4.69) is 135 Å². The van der Waals surface area contributed by atoms with E-state index in [0.717, 1.165) is 103 Å². The third kappa shape index (κ3) is 44.7. The second-order valence-electron chi connectivity index (χ2n) is 16.5. The molecular formula is C57H93NO5. The van der Waals surface area contributed by atoms with Crippen LogP contribution in [0.3, 0.4) is 0 Å². The van der Waals surface area contributed by atoms with Gasteiger partial charge in [0, 0.05) is 6.42 Å². The highest BCUT2D eigenvalue weighted by Crippen LogP contribution is 2.15. The summed E-state index contributed by atoms with van der Waals surface area (Å²) in [7, 11) is 0. The van der Waals surface area contributed by atoms with E-state index in [9.17, 15) is 19.8 Å². The molecule has 0 spiro atoms. The number of ether oxygens (including phenoxy) is 1. The smallest absolute Gasteiger partial charge is 0.306 e. The Morgan fingerprint density at radius 1 is 0.492 bits per heavy atom. The Bertz CT molecular complexity index is 1350. The highest BCUT2D eigenvalue weighted by atomic mass is 16.5. The topological polar surface area (TPSA) is 95.9 Å². The molecule has 3 unspecified atom stereocenters. The van der Waals surface area contributed by atoms with E-state index in [1.54, 1.807) is 6.08 Å². The van der Waals surface area contributed by atoms with Crippen LogP contribution in [-0.4, -0.2) is 46.9 Å². The molecule has 356 valence electrons. The zero-order valence-electron chi connectivity index (χ0n) is 40.4. The van der Waals surface area contributed by atoms with Crippen molar-refractivity contribution in [3.05, 3.63) is 122 Å². The van der Waals surface area contributed by atoms with Crippen LogP contribution in [0.1, 0.15) is 201 Å². The molecule has 0 aliphatic heterocycles. The minimum Gasteiger partial charge on any atom is -0.458 e. The number of hydrogen-bond acceptors (Lipinski definition) is 5. The second kappa shape index (κ2) is 49.3.